The summed E-state index contributed by atoms with van der Waals surface area (Å²) in [5.41, 5.74) is 6.10. The molecule has 0 aliphatic carbocycles. The molecule has 1 aromatic rings. The van der Waals surface area contributed by atoms with Crippen molar-refractivity contribution in [1.29, 1.82) is 0 Å². The van der Waals surface area contributed by atoms with Crippen LogP contribution in [0.25, 0.3) is 0 Å². The van der Waals surface area contributed by atoms with Crippen molar-refractivity contribution < 1.29 is 9.21 Å². The second-order valence-corrected chi connectivity index (χ2v) is 5.99. The van der Waals surface area contributed by atoms with Crippen LogP contribution in [0.5, 0.6) is 0 Å². The van der Waals surface area contributed by atoms with Gasteiger partial charge in [0.25, 0.3) is 0 Å². The topological polar surface area (TPSA) is 62.7 Å². The lowest BCUT2D eigenvalue weighted by molar-refractivity contribution is -0.134. The molecule has 0 saturated carbocycles. The van der Waals surface area contributed by atoms with Crippen LogP contribution in [0.3, 0.4) is 0 Å². The van der Waals surface area contributed by atoms with Gasteiger partial charge in [0.2, 0.25) is 5.91 Å². The van der Waals surface area contributed by atoms with Gasteiger partial charge in [-0.1, -0.05) is 20.3 Å². The third-order valence-electron chi connectivity index (χ3n) is 3.81. The highest BCUT2D eigenvalue weighted by Crippen LogP contribution is 2.13. The van der Waals surface area contributed by atoms with E-state index in [0.717, 1.165) is 24.5 Å². The lowest BCUT2D eigenvalue weighted by atomic mass is 9.99. The van der Waals surface area contributed by atoms with E-state index in [4.69, 9.17) is 10.2 Å². The fourth-order valence-electron chi connectivity index (χ4n) is 2.05. The maximum atomic E-state index is 12.6. The van der Waals surface area contributed by atoms with Crippen LogP contribution in [0.15, 0.2) is 16.5 Å². The Morgan fingerprint density at radius 1 is 1.33 bits per heavy atom. The second-order valence-electron chi connectivity index (χ2n) is 5.99. The molecule has 0 aromatic carbocycles. The van der Waals surface area contributed by atoms with Crippen LogP contribution in [0.1, 0.15) is 31.8 Å². The highest BCUT2D eigenvalue weighted by molar-refractivity contribution is 5.81. The Balaban J connectivity index is 2.77. The number of nitrogens with two attached hydrogens (primary N) is 1. The van der Waals surface area contributed by atoms with Crippen LogP contribution in [0.4, 0.5) is 0 Å². The minimum Gasteiger partial charge on any atom is -0.464 e. The van der Waals surface area contributed by atoms with Gasteiger partial charge in [-0.3, -0.25) is 4.79 Å². The Morgan fingerprint density at radius 2 is 2.00 bits per heavy atom. The molecule has 5 nitrogen and oxygen atoms in total. The van der Waals surface area contributed by atoms with E-state index in [0.29, 0.717) is 13.1 Å². The van der Waals surface area contributed by atoms with Crippen LogP contribution >= 0.6 is 0 Å². The molecule has 1 heterocycles. The highest BCUT2D eigenvalue weighted by Gasteiger charge is 2.25. The number of rotatable bonds is 8. The monoisotopic (exact) mass is 295 g/mol. The van der Waals surface area contributed by atoms with Gasteiger partial charge in [-0.25, -0.2) is 0 Å². The number of aryl methyl sites for hydroxylation is 1. The molecule has 0 fully saturated rings. The summed E-state index contributed by atoms with van der Waals surface area (Å²) in [7, 11) is 3.99. The summed E-state index contributed by atoms with van der Waals surface area (Å²) in [5, 5.41) is 0. The van der Waals surface area contributed by atoms with Crippen LogP contribution in [-0.4, -0.2) is 48.9 Å². The molecule has 21 heavy (non-hydrogen) atoms. The van der Waals surface area contributed by atoms with Gasteiger partial charge in [0.15, 0.2) is 0 Å². The lowest BCUT2D eigenvalue weighted by Crippen LogP contribution is -2.48. The Kier molecular flexibility index (Phi) is 6.92. The molecule has 1 rings (SSSR count). The van der Waals surface area contributed by atoms with Crippen LogP contribution in [0.2, 0.25) is 0 Å². The third kappa shape index (κ3) is 5.52. The van der Waals surface area contributed by atoms with Gasteiger partial charge in [-0.05, 0) is 39.1 Å². The van der Waals surface area contributed by atoms with E-state index in [1.807, 2.05) is 40.1 Å². The van der Waals surface area contributed by atoms with E-state index < -0.39 is 6.04 Å². The maximum Gasteiger partial charge on any atom is 0.240 e. The first-order valence-electron chi connectivity index (χ1n) is 7.59. The van der Waals surface area contributed by atoms with E-state index in [2.05, 4.69) is 11.8 Å². The first-order valence-corrected chi connectivity index (χ1v) is 7.59. The molecule has 0 bridgehead atoms. The second kappa shape index (κ2) is 8.20. The zero-order chi connectivity index (χ0) is 16.0. The van der Waals surface area contributed by atoms with Crippen molar-refractivity contribution in [2.75, 3.05) is 27.2 Å². The normalized spacial score (nSPS) is 14.2. The molecule has 0 unspecified atom stereocenters. The first-order chi connectivity index (χ1) is 9.85. The average molecular weight is 295 g/mol. The molecule has 1 amide bonds. The molecular formula is C16H29N3O2. The summed E-state index contributed by atoms with van der Waals surface area (Å²) >= 11 is 0. The number of furan rings is 1. The molecule has 0 radical (unpaired) electrons. The highest BCUT2D eigenvalue weighted by atomic mass is 16.3. The Morgan fingerprint density at radius 3 is 2.48 bits per heavy atom. The summed E-state index contributed by atoms with van der Waals surface area (Å²) in [6.45, 7) is 7.90. The van der Waals surface area contributed by atoms with E-state index >= 15 is 0 Å². The number of amides is 1. The van der Waals surface area contributed by atoms with Crippen LogP contribution in [0, 0.1) is 12.8 Å². The first kappa shape index (κ1) is 17.7. The molecule has 1 aromatic heterocycles. The number of carbonyl (C=O) groups excluding carboxylic acids is 1. The van der Waals surface area contributed by atoms with Gasteiger partial charge >= 0.3 is 0 Å². The van der Waals surface area contributed by atoms with Crippen LogP contribution < -0.4 is 5.73 Å². The molecule has 2 atom stereocenters. The van der Waals surface area contributed by atoms with Gasteiger partial charge in [-0.15, -0.1) is 0 Å². The summed E-state index contributed by atoms with van der Waals surface area (Å²) in [4.78, 5) is 16.5. The van der Waals surface area contributed by atoms with Gasteiger partial charge in [0.1, 0.15) is 11.5 Å². The molecule has 0 saturated heterocycles. The summed E-state index contributed by atoms with van der Waals surface area (Å²) in [6, 6.07) is 3.38. The lowest BCUT2D eigenvalue weighted by Gasteiger charge is -2.28. The van der Waals surface area contributed by atoms with Gasteiger partial charge in [-0.2, -0.15) is 0 Å². The fraction of sp³-hybridized carbons (Fsp3) is 0.688. The van der Waals surface area contributed by atoms with Gasteiger partial charge < -0.3 is 20.0 Å². The molecule has 5 heteroatoms. The van der Waals surface area contributed by atoms with Crippen LogP contribution in [-0.2, 0) is 11.3 Å². The van der Waals surface area contributed by atoms with Crippen molar-refractivity contribution in [3.8, 4) is 0 Å². The maximum absolute atomic E-state index is 12.6. The fourth-order valence-corrected chi connectivity index (χ4v) is 2.05. The summed E-state index contributed by atoms with van der Waals surface area (Å²) in [6.07, 6.45) is 0.897. The van der Waals surface area contributed by atoms with Gasteiger partial charge in [0, 0.05) is 13.1 Å². The van der Waals surface area contributed by atoms with Crippen molar-refractivity contribution in [1.82, 2.24) is 9.80 Å². The molecule has 0 aliphatic rings. The van der Waals surface area contributed by atoms with Crippen molar-refractivity contribution in [2.24, 2.45) is 11.7 Å². The third-order valence-corrected chi connectivity index (χ3v) is 3.81. The predicted molar refractivity (Wildman–Crippen MR) is 84.8 cm³/mol. The zero-order valence-corrected chi connectivity index (χ0v) is 13.9. The largest absolute Gasteiger partial charge is 0.464 e. The minimum atomic E-state index is -0.451. The quantitative estimate of drug-likeness (QED) is 0.795. The van der Waals surface area contributed by atoms with E-state index in [1.54, 1.807) is 4.90 Å². The predicted octanol–water partition coefficient (Wildman–Crippen LogP) is 1.85. The van der Waals surface area contributed by atoms with Crippen molar-refractivity contribution in [3.63, 3.8) is 0 Å². The molecule has 120 valence electrons. The molecule has 0 aliphatic heterocycles. The Bertz CT molecular complexity index is 442. The number of hydrogen-bond donors (Lipinski definition) is 1. The van der Waals surface area contributed by atoms with Crippen molar-refractivity contribution >= 4 is 5.91 Å². The number of hydrogen-bond acceptors (Lipinski definition) is 4. The zero-order valence-electron chi connectivity index (χ0n) is 13.9. The van der Waals surface area contributed by atoms with E-state index in [-0.39, 0.29) is 11.8 Å². The van der Waals surface area contributed by atoms with Gasteiger partial charge in [0.05, 0.1) is 12.6 Å². The summed E-state index contributed by atoms with van der Waals surface area (Å²) in [5.74, 6) is 1.84. The van der Waals surface area contributed by atoms with Crippen molar-refractivity contribution in [3.05, 3.63) is 23.7 Å². The minimum absolute atomic E-state index is 0.000234. The van der Waals surface area contributed by atoms with E-state index in [1.165, 1.54) is 0 Å². The Labute approximate surface area is 128 Å². The number of likely N-dealkylation sites (N-methyl/N-ethyl adjacent to an activating group) is 1. The summed E-state index contributed by atoms with van der Waals surface area (Å²) < 4.78 is 5.59. The smallest absolute Gasteiger partial charge is 0.240 e. The number of nitrogens with zero attached hydrogens (tertiary/aromatic N) is 2. The molecule has 0 spiro atoms. The number of carbonyl (C=O) groups is 1. The Hall–Kier alpha value is -1.33. The SMILES string of the molecule is CC[C@H](C)[C@H](N)C(=O)N(CCN(C)C)Cc1ccc(C)o1. The molecular weight excluding hydrogens is 266 g/mol. The van der Waals surface area contributed by atoms with Crippen molar-refractivity contribution in [2.45, 2.75) is 39.8 Å². The average Bonchev–Trinajstić information content (AvgIpc) is 2.86. The van der Waals surface area contributed by atoms with E-state index in [9.17, 15) is 4.79 Å². The standard InChI is InChI=1S/C16H29N3O2/c1-6-12(2)15(17)16(20)19(10-9-18(4)5)11-14-8-7-13(3)21-14/h7-8,12,15H,6,9-11,17H2,1-5H3/t12-,15-/m0/s1. The molecule has 2 N–H and O–H groups in total.